The summed E-state index contributed by atoms with van der Waals surface area (Å²) in [7, 11) is 0. The highest BCUT2D eigenvalue weighted by atomic mass is 16.1. The molecule has 0 saturated carbocycles. The standard InChI is InChI=1S/C17H22N4O/c1-4-9-21(10-5-2)17-14-8-7-13(20-16(22)6-3)11-15(14)18-12-19-17/h6-8,11-12H,3-5,9-10H2,1-2H3,(H,20,22). The van der Waals surface area contributed by atoms with Crippen molar-refractivity contribution in [2.45, 2.75) is 26.7 Å². The Kier molecular flexibility index (Phi) is 5.47. The zero-order valence-electron chi connectivity index (χ0n) is 13.2. The second-order valence-corrected chi connectivity index (χ2v) is 5.11. The first-order valence-electron chi connectivity index (χ1n) is 7.62. The van der Waals surface area contributed by atoms with Crippen LogP contribution in [-0.2, 0) is 4.79 Å². The highest BCUT2D eigenvalue weighted by Crippen LogP contribution is 2.25. The average molecular weight is 298 g/mol. The van der Waals surface area contributed by atoms with E-state index in [1.165, 1.54) is 6.08 Å². The molecule has 0 unspecified atom stereocenters. The number of nitrogens with one attached hydrogen (secondary N) is 1. The molecule has 0 saturated heterocycles. The van der Waals surface area contributed by atoms with Crippen molar-refractivity contribution >= 4 is 28.3 Å². The van der Waals surface area contributed by atoms with Gasteiger partial charge in [0.1, 0.15) is 12.1 Å². The van der Waals surface area contributed by atoms with Crippen molar-refractivity contribution in [2.75, 3.05) is 23.3 Å². The number of nitrogens with zero attached hydrogens (tertiary/aromatic N) is 3. The van der Waals surface area contributed by atoms with Crippen LogP contribution in [0.5, 0.6) is 0 Å². The Labute approximate surface area is 131 Å². The number of carbonyl (C=O) groups excluding carboxylic acids is 1. The summed E-state index contributed by atoms with van der Waals surface area (Å²) in [5.74, 6) is 0.725. The number of aromatic nitrogens is 2. The van der Waals surface area contributed by atoms with Crippen LogP contribution in [0.15, 0.2) is 37.2 Å². The molecule has 1 amide bonds. The number of anilines is 2. The number of amides is 1. The Bertz CT molecular complexity index is 663. The third-order valence-corrected chi connectivity index (χ3v) is 3.35. The summed E-state index contributed by atoms with van der Waals surface area (Å²) in [5.41, 5.74) is 1.53. The van der Waals surface area contributed by atoms with Crippen LogP contribution in [0.2, 0.25) is 0 Å². The highest BCUT2D eigenvalue weighted by Gasteiger charge is 2.11. The van der Waals surface area contributed by atoms with Crippen LogP contribution >= 0.6 is 0 Å². The second kappa shape index (κ2) is 7.54. The number of rotatable bonds is 7. The maximum atomic E-state index is 11.4. The third-order valence-electron chi connectivity index (χ3n) is 3.35. The normalized spacial score (nSPS) is 10.5. The maximum absolute atomic E-state index is 11.4. The number of benzene rings is 1. The molecule has 0 aliphatic rings. The van der Waals surface area contributed by atoms with Gasteiger partial charge in [0.05, 0.1) is 5.52 Å². The summed E-state index contributed by atoms with van der Waals surface area (Å²) < 4.78 is 0. The van der Waals surface area contributed by atoms with E-state index in [2.05, 4.69) is 40.6 Å². The predicted molar refractivity (Wildman–Crippen MR) is 91.2 cm³/mol. The van der Waals surface area contributed by atoms with Crippen molar-refractivity contribution in [1.82, 2.24) is 9.97 Å². The third kappa shape index (κ3) is 3.61. The molecule has 1 heterocycles. The zero-order valence-corrected chi connectivity index (χ0v) is 13.2. The van der Waals surface area contributed by atoms with Crippen LogP contribution < -0.4 is 10.2 Å². The molecular formula is C17H22N4O. The van der Waals surface area contributed by atoms with Crippen molar-refractivity contribution in [1.29, 1.82) is 0 Å². The summed E-state index contributed by atoms with van der Waals surface area (Å²) >= 11 is 0. The molecule has 0 fully saturated rings. The first kappa shape index (κ1) is 15.9. The fourth-order valence-electron chi connectivity index (χ4n) is 2.43. The Morgan fingerprint density at radius 3 is 2.64 bits per heavy atom. The van der Waals surface area contributed by atoms with Crippen molar-refractivity contribution in [2.24, 2.45) is 0 Å². The topological polar surface area (TPSA) is 58.1 Å². The number of carbonyl (C=O) groups is 1. The average Bonchev–Trinajstić information content (AvgIpc) is 2.53. The summed E-state index contributed by atoms with van der Waals surface area (Å²) in [5, 5.41) is 3.75. The van der Waals surface area contributed by atoms with Crippen LogP contribution in [0.1, 0.15) is 26.7 Å². The molecule has 0 aliphatic heterocycles. The molecule has 116 valence electrons. The molecule has 2 aromatic rings. The first-order valence-corrected chi connectivity index (χ1v) is 7.62. The molecule has 1 aromatic heterocycles. The number of hydrogen-bond donors (Lipinski definition) is 1. The minimum absolute atomic E-state index is 0.229. The Balaban J connectivity index is 2.40. The fourth-order valence-corrected chi connectivity index (χ4v) is 2.43. The molecule has 0 bridgehead atoms. The molecule has 0 radical (unpaired) electrons. The van der Waals surface area contributed by atoms with Crippen LogP contribution in [0.3, 0.4) is 0 Å². The van der Waals surface area contributed by atoms with Gasteiger partial charge in [0.25, 0.3) is 0 Å². The smallest absolute Gasteiger partial charge is 0.247 e. The van der Waals surface area contributed by atoms with Gasteiger partial charge in [-0.2, -0.15) is 0 Å². The lowest BCUT2D eigenvalue weighted by atomic mass is 10.2. The van der Waals surface area contributed by atoms with Gasteiger partial charge in [0.2, 0.25) is 5.91 Å². The number of fused-ring (bicyclic) bond motifs is 1. The minimum Gasteiger partial charge on any atom is -0.356 e. The molecule has 0 atom stereocenters. The molecule has 5 nitrogen and oxygen atoms in total. The van der Waals surface area contributed by atoms with Gasteiger partial charge in [-0.3, -0.25) is 4.79 Å². The highest BCUT2D eigenvalue weighted by molar-refractivity contribution is 6.01. The Hall–Kier alpha value is -2.43. The van der Waals surface area contributed by atoms with Crippen molar-refractivity contribution in [3.8, 4) is 0 Å². The van der Waals surface area contributed by atoms with E-state index in [0.29, 0.717) is 5.69 Å². The van der Waals surface area contributed by atoms with Crippen molar-refractivity contribution in [3.05, 3.63) is 37.2 Å². The van der Waals surface area contributed by atoms with E-state index in [1.54, 1.807) is 6.33 Å². The summed E-state index contributed by atoms with van der Waals surface area (Å²) in [4.78, 5) is 22.5. The lowest BCUT2D eigenvalue weighted by molar-refractivity contribution is -0.111. The van der Waals surface area contributed by atoms with Crippen LogP contribution in [0, 0.1) is 0 Å². The van der Waals surface area contributed by atoms with E-state index in [4.69, 9.17) is 0 Å². The SMILES string of the molecule is C=CC(=O)Nc1ccc2c(N(CCC)CCC)ncnc2c1. The van der Waals surface area contributed by atoms with E-state index in [1.807, 2.05) is 18.2 Å². The quantitative estimate of drug-likeness (QED) is 0.796. The van der Waals surface area contributed by atoms with Gasteiger partial charge in [-0.05, 0) is 37.1 Å². The van der Waals surface area contributed by atoms with Crippen LogP contribution in [0.4, 0.5) is 11.5 Å². The van der Waals surface area contributed by atoms with Gasteiger partial charge < -0.3 is 10.2 Å². The fraction of sp³-hybridized carbons (Fsp3) is 0.353. The minimum atomic E-state index is -0.229. The van der Waals surface area contributed by atoms with Crippen LogP contribution in [0.25, 0.3) is 10.9 Å². The molecule has 0 spiro atoms. The number of hydrogen-bond acceptors (Lipinski definition) is 4. The summed E-state index contributed by atoms with van der Waals surface area (Å²) in [6, 6.07) is 5.69. The van der Waals surface area contributed by atoms with Gasteiger partial charge in [0.15, 0.2) is 0 Å². The Morgan fingerprint density at radius 2 is 2.00 bits per heavy atom. The molecule has 2 rings (SSSR count). The largest absolute Gasteiger partial charge is 0.356 e. The lowest BCUT2D eigenvalue weighted by Crippen LogP contribution is -2.26. The van der Waals surface area contributed by atoms with Gasteiger partial charge in [-0.1, -0.05) is 20.4 Å². The first-order chi connectivity index (χ1) is 10.7. The van der Waals surface area contributed by atoms with E-state index in [0.717, 1.165) is 42.7 Å². The van der Waals surface area contributed by atoms with Gasteiger partial charge in [-0.25, -0.2) is 9.97 Å². The predicted octanol–water partition coefficient (Wildman–Crippen LogP) is 3.38. The lowest BCUT2D eigenvalue weighted by Gasteiger charge is -2.23. The molecule has 5 heteroatoms. The van der Waals surface area contributed by atoms with E-state index in [-0.39, 0.29) is 5.91 Å². The van der Waals surface area contributed by atoms with Gasteiger partial charge >= 0.3 is 0 Å². The molecule has 1 aromatic carbocycles. The Morgan fingerprint density at radius 1 is 1.27 bits per heavy atom. The van der Waals surface area contributed by atoms with Gasteiger partial charge in [0, 0.05) is 24.2 Å². The van der Waals surface area contributed by atoms with Crippen LogP contribution in [-0.4, -0.2) is 29.0 Å². The molecule has 1 N–H and O–H groups in total. The second-order valence-electron chi connectivity index (χ2n) is 5.11. The van der Waals surface area contributed by atoms with E-state index in [9.17, 15) is 4.79 Å². The summed E-state index contributed by atoms with van der Waals surface area (Å²) in [6.07, 6.45) is 4.97. The van der Waals surface area contributed by atoms with E-state index >= 15 is 0 Å². The maximum Gasteiger partial charge on any atom is 0.247 e. The molecule has 22 heavy (non-hydrogen) atoms. The molecular weight excluding hydrogens is 276 g/mol. The van der Waals surface area contributed by atoms with E-state index < -0.39 is 0 Å². The monoisotopic (exact) mass is 298 g/mol. The zero-order chi connectivity index (χ0) is 15.9. The van der Waals surface area contributed by atoms with Crippen molar-refractivity contribution in [3.63, 3.8) is 0 Å². The van der Waals surface area contributed by atoms with Gasteiger partial charge in [-0.15, -0.1) is 0 Å². The summed E-state index contributed by atoms with van der Waals surface area (Å²) in [6.45, 7) is 9.71. The van der Waals surface area contributed by atoms with Crippen molar-refractivity contribution < 1.29 is 4.79 Å². The molecule has 0 aliphatic carbocycles.